The van der Waals surface area contributed by atoms with Gasteiger partial charge in [-0.1, -0.05) is 26.8 Å². The van der Waals surface area contributed by atoms with Crippen molar-refractivity contribution >= 4 is 17.3 Å². The highest BCUT2D eigenvalue weighted by molar-refractivity contribution is 6.06. The molecule has 1 amide bonds. The van der Waals surface area contributed by atoms with Crippen LogP contribution in [0.5, 0.6) is 11.5 Å². The zero-order chi connectivity index (χ0) is 24.1. The first-order valence-corrected chi connectivity index (χ1v) is 11.6. The molecule has 33 heavy (non-hydrogen) atoms. The fraction of sp³-hybridized carbons (Fsp3) is 0.462. The zero-order valence-corrected chi connectivity index (χ0v) is 20.1. The van der Waals surface area contributed by atoms with Gasteiger partial charge in [0.1, 0.15) is 18.1 Å². The minimum Gasteiger partial charge on any atom is -0.507 e. The van der Waals surface area contributed by atoms with Gasteiger partial charge in [-0.2, -0.15) is 0 Å². The number of ether oxygens (including phenoxy) is 1. The van der Waals surface area contributed by atoms with Crippen LogP contribution in [0.25, 0.3) is 0 Å². The number of hydrogen-bond donors (Lipinski definition) is 3. The summed E-state index contributed by atoms with van der Waals surface area (Å²) in [6.07, 6.45) is 1.44. The lowest BCUT2D eigenvalue weighted by Crippen LogP contribution is -2.25. The third kappa shape index (κ3) is 6.05. The maximum absolute atomic E-state index is 13.3. The summed E-state index contributed by atoms with van der Waals surface area (Å²) in [5.74, 6) is 0.838. The fourth-order valence-electron chi connectivity index (χ4n) is 3.86. The molecule has 0 spiro atoms. The van der Waals surface area contributed by atoms with E-state index in [-0.39, 0.29) is 17.2 Å². The maximum atomic E-state index is 13.3. The van der Waals surface area contributed by atoms with Gasteiger partial charge in [-0.25, -0.2) is 0 Å². The molecule has 2 aromatic rings. The van der Waals surface area contributed by atoms with Gasteiger partial charge in [0.15, 0.2) is 0 Å². The number of hydrogen-bond acceptors (Lipinski definition) is 6. The standard InChI is InChI=1S/C26H36N4O3/c1-5-29(4)10-11-33-20-8-7-18-15-30(16-19(18)12-20)26(32)22-13-21(24(28)14-25(22)31)23(27)9-6-17(2)3/h7-8,12-14,17,27,31H,5-6,9-11,15-16,28H2,1-4H3. The van der Waals surface area contributed by atoms with Crippen LogP contribution in [0.15, 0.2) is 30.3 Å². The zero-order valence-electron chi connectivity index (χ0n) is 20.1. The molecule has 0 unspecified atom stereocenters. The van der Waals surface area contributed by atoms with Crippen LogP contribution in [0.2, 0.25) is 0 Å². The van der Waals surface area contributed by atoms with Gasteiger partial charge in [0, 0.05) is 42.7 Å². The lowest BCUT2D eigenvalue weighted by molar-refractivity contribution is 0.0748. The number of phenolic OH excluding ortho intramolecular Hbond substituents is 1. The van der Waals surface area contributed by atoms with Crippen molar-refractivity contribution in [2.24, 2.45) is 5.92 Å². The van der Waals surface area contributed by atoms with Gasteiger partial charge in [-0.05, 0) is 61.7 Å². The van der Waals surface area contributed by atoms with Crippen LogP contribution < -0.4 is 10.5 Å². The molecule has 0 saturated carbocycles. The summed E-state index contributed by atoms with van der Waals surface area (Å²) in [5.41, 5.74) is 9.58. The number of rotatable bonds is 10. The number of carbonyl (C=O) groups is 1. The number of nitrogen functional groups attached to an aromatic ring is 1. The first-order chi connectivity index (χ1) is 15.7. The van der Waals surface area contributed by atoms with E-state index >= 15 is 0 Å². The second-order valence-electron chi connectivity index (χ2n) is 9.20. The molecule has 1 aliphatic heterocycles. The predicted octanol–water partition coefficient (Wildman–Crippen LogP) is 4.26. The first kappa shape index (κ1) is 24.6. The topological polar surface area (TPSA) is 103 Å². The summed E-state index contributed by atoms with van der Waals surface area (Å²) in [4.78, 5) is 17.2. The largest absolute Gasteiger partial charge is 0.507 e. The Bertz CT molecular complexity index is 1020. The third-order valence-corrected chi connectivity index (χ3v) is 6.16. The summed E-state index contributed by atoms with van der Waals surface area (Å²) in [7, 11) is 2.05. The highest BCUT2D eigenvalue weighted by Crippen LogP contribution is 2.32. The lowest BCUT2D eigenvalue weighted by Gasteiger charge is -2.18. The van der Waals surface area contributed by atoms with Gasteiger partial charge in [-0.15, -0.1) is 0 Å². The van der Waals surface area contributed by atoms with Crippen LogP contribution in [-0.4, -0.2) is 53.3 Å². The van der Waals surface area contributed by atoms with Gasteiger partial charge in [-0.3, -0.25) is 4.79 Å². The number of carbonyl (C=O) groups excluding carboxylic acids is 1. The van der Waals surface area contributed by atoms with Crippen molar-refractivity contribution in [3.63, 3.8) is 0 Å². The quantitative estimate of drug-likeness (QED) is 0.369. The lowest BCUT2D eigenvalue weighted by atomic mass is 9.97. The van der Waals surface area contributed by atoms with Crippen LogP contribution in [0.3, 0.4) is 0 Å². The number of nitrogens with two attached hydrogens (primary N) is 1. The SMILES string of the molecule is CCN(C)CCOc1ccc2c(c1)CN(C(=O)c1cc(C(=N)CCC(C)C)c(N)cc1O)C2. The van der Waals surface area contributed by atoms with E-state index in [9.17, 15) is 9.90 Å². The number of anilines is 1. The molecule has 0 bridgehead atoms. The second-order valence-corrected chi connectivity index (χ2v) is 9.20. The van der Waals surface area contributed by atoms with Crippen molar-refractivity contribution in [2.45, 2.75) is 46.7 Å². The monoisotopic (exact) mass is 452 g/mol. The summed E-state index contributed by atoms with van der Waals surface area (Å²) < 4.78 is 5.88. The maximum Gasteiger partial charge on any atom is 0.258 e. The predicted molar refractivity (Wildman–Crippen MR) is 132 cm³/mol. The Hall–Kier alpha value is -3.06. The number of nitrogens with one attached hydrogen (secondary N) is 1. The molecule has 2 aromatic carbocycles. The van der Waals surface area contributed by atoms with Crippen LogP contribution in [0, 0.1) is 11.3 Å². The molecule has 0 atom stereocenters. The molecular weight excluding hydrogens is 416 g/mol. The summed E-state index contributed by atoms with van der Waals surface area (Å²) >= 11 is 0. The Kier molecular flexibility index (Phi) is 7.97. The van der Waals surface area contributed by atoms with Crippen LogP contribution in [-0.2, 0) is 13.1 Å². The van der Waals surface area contributed by atoms with Crippen molar-refractivity contribution in [2.75, 3.05) is 32.5 Å². The number of aromatic hydroxyl groups is 1. The van der Waals surface area contributed by atoms with Gasteiger partial charge in [0.25, 0.3) is 5.91 Å². The summed E-state index contributed by atoms with van der Waals surface area (Å²) in [5, 5.41) is 18.8. The molecule has 1 aliphatic rings. The van der Waals surface area contributed by atoms with Gasteiger partial charge in [0.2, 0.25) is 0 Å². The van der Waals surface area contributed by atoms with E-state index < -0.39 is 0 Å². The van der Waals surface area contributed by atoms with E-state index in [2.05, 4.69) is 32.7 Å². The Balaban J connectivity index is 1.71. The minimum atomic E-state index is -0.270. The van der Waals surface area contributed by atoms with Crippen molar-refractivity contribution in [3.8, 4) is 11.5 Å². The molecule has 178 valence electrons. The third-order valence-electron chi connectivity index (χ3n) is 6.16. The van der Waals surface area contributed by atoms with E-state index in [0.717, 1.165) is 36.4 Å². The minimum absolute atomic E-state index is 0.155. The van der Waals surface area contributed by atoms with Gasteiger partial charge in [0.05, 0.1) is 5.56 Å². The molecule has 0 radical (unpaired) electrons. The van der Waals surface area contributed by atoms with E-state index in [4.69, 9.17) is 15.9 Å². The van der Waals surface area contributed by atoms with E-state index in [1.807, 2.05) is 18.2 Å². The molecule has 3 rings (SSSR count). The molecule has 0 aromatic heterocycles. The van der Waals surface area contributed by atoms with Crippen molar-refractivity contribution in [1.29, 1.82) is 5.41 Å². The first-order valence-electron chi connectivity index (χ1n) is 11.6. The summed E-state index contributed by atoms with van der Waals surface area (Å²) in [6.45, 7) is 9.67. The molecule has 0 fully saturated rings. The Morgan fingerprint density at radius 3 is 2.64 bits per heavy atom. The van der Waals surface area contributed by atoms with E-state index in [1.54, 1.807) is 11.0 Å². The Morgan fingerprint density at radius 2 is 1.94 bits per heavy atom. The highest BCUT2D eigenvalue weighted by Gasteiger charge is 2.27. The molecule has 0 aliphatic carbocycles. The fourth-order valence-corrected chi connectivity index (χ4v) is 3.86. The molecular formula is C26H36N4O3. The molecule has 7 nitrogen and oxygen atoms in total. The molecule has 7 heteroatoms. The number of phenols is 1. The van der Waals surface area contributed by atoms with Crippen molar-refractivity contribution in [1.82, 2.24) is 9.80 Å². The highest BCUT2D eigenvalue weighted by atomic mass is 16.5. The van der Waals surface area contributed by atoms with Crippen molar-refractivity contribution in [3.05, 3.63) is 52.6 Å². The van der Waals surface area contributed by atoms with E-state index in [0.29, 0.717) is 49.0 Å². The Morgan fingerprint density at radius 1 is 1.21 bits per heavy atom. The van der Waals surface area contributed by atoms with Gasteiger partial charge < -0.3 is 30.8 Å². The smallest absolute Gasteiger partial charge is 0.258 e. The second kappa shape index (κ2) is 10.7. The molecule has 0 saturated heterocycles. The molecule has 4 N–H and O–H groups in total. The number of likely N-dealkylation sites (N-methyl/N-ethyl adjacent to an activating group) is 1. The number of benzene rings is 2. The van der Waals surface area contributed by atoms with E-state index in [1.165, 1.54) is 6.07 Å². The summed E-state index contributed by atoms with van der Waals surface area (Å²) in [6, 6.07) is 8.88. The van der Waals surface area contributed by atoms with Gasteiger partial charge >= 0.3 is 0 Å². The molecule has 1 heterocycles. The van der Waals surface area contributed by atoms with Crippen LogP contribution >= 0.6 is 0 Å². The van der Waals surface area contributed by atoms with Crippen molar-refractivity contribution < 1.29 is 14.6 Å². The number of fused-ring (bicyclic) bond motifs is 1. The number of nitrogens with zero attached hydrogens (tertiary/aromatic N) is 2. The Labute approximate surface area is 196 Å². The average molecular weight is 453 g/mol. The normalized spacial score (nSPS) is 13.0. The van der Waals surface area contributed by atoms with Crippen LogP contribution in [0.1, 0.15) is 60.7 Å². The average Bonchev–Trinajstić information content (AvgIpc) is 3.20. The number of amides is 1. The van der Waals surface area contributed by atoms with Crippen LogP contribution in [0.4, 0.5) is 5.69 Å².